The van der Waals surface area contributed by atoms with Crippen LogP contribution in [0.3, 0.4) is 0 Å². The van der Waals surface area contributed by atoms with Crippen molar-refractivity contribution in [2.45, 2.75) is 31.6 Å². The zero-order valence-corrected chi connectivity index (χ0v) is 18.0. The van der Waals surface area contributed by atoms with E-state index in [0.717, 1.165) is 10.2 Å². The van der Waals surface area contributed by atoms with Gasteiger partial charge in [0.15, 0.2) is 11.7 Å². The number of hydrogen-bond acceptors (Lipinski definition) is 4. The molecular formula is C22H20ClF3N4O2. The molecule has 0 unspecified atom stereocenters. The number of rotatable bonds is 4. The van der Waals surface area contributed by atoms with Gasteiger partial charge in [0.1, 0.15) is 11.6 Å². The lowest BCUT2D eigenvalue weighted by Gasteiger charge is -2.33. The summed E-state index contributed by atoms with van der Waals surface area (Å²) in [6.45, 7) is 1.82. The molecule has 1 aliphatic rings. The third-order valence-electron chi connectivity index (χ3n) is 5.37. The van der Waals surface area contributed by atoms with Crippen molar-refractivity contribution in [1.29, 1.82) is 0 Å². The molecule has 168 valence electrons. The van der Waals surface area contributed by atoms with Gasteiger partial charge in [0.25, 0.3) is 5.91 Å². The molecule has 1 amide bonds. The van der Waals surface area contributed by atoms with E-state index in [2.05, 4.69) is 15.7 Å². The minimum absolute atomic E-state index is 0.117. The third kappa shape index (κ3) is 4.38. The minimum Gasteiger partial charge on any atom is -0.497 e. The van der Waals surface area contributed by atoms with E-state index in [1.165, 1.54) is 13.2 Å². The maximum Gasteiger partial charge on any atom is 0.410 e. The second kappa shape index (κ2) is 8.38. The summed E-state index contributed by atoms with van der Waals surface area (Å²) in [5, 5.41) is 10.1. The Hall–Kier alpha value is -3.20. The van der Waals surface area contributed by atoms with Crippen molar-refractivity contribution in [3.8, 4) is 5.75 Å². The van der Waals surface area contributed by atoms with Crippen LogP contribution >= 0.6 is 11.6 Å². The molecule has 2 aromatic carbocycles. The standard InChI is InChI=1S/C22H20ClF3N4O2/c1-12-3-6-14(9-16(12)23)27-21(31)18-11-20-28-17(13-4-7-15(32-2)8-5-13)10-19(22(24,25)26)30(20)29-18/h3-9,11,17,19,28H,10H2,1-2H3,(H,27,31)/t17-,19-/m0/s1. The molecule has 0 spiro atoms. The first-order valence-corrected chi connectivity index (χ1v) is 10.2. The van der Waals surface area contributed by atoms with E-state index in [9.17, 15) is 18.0 Å². The van der Waals surface area contributed by atoms with E-state index in [-0.39, 0.29) is 17.9 Å². The molecule has 0 aliphatic carbocycles. The van der Waals surface area contributed by atoms with Gasteiger partial charge in [-0.05, 0) is 42.3 Å². The van der Waals surface area contributed by atoms with Crippen LogP contribution in [0, 0.1) is 6.92 Å². The van der Waals surface area contributed by atoms with Gasteiger partial charge in [0.05, 0.1) is 13.2 Å². The molecule has 2 atom stereocenters. The highest BCUT2D eigenvalue weighted by Crippen LogP contribution is 2.43. The smallest absolute Gasteiger partial charge is 0.410 e. The molecule has 0 fully saturated rings. The highest BCUT2D eigenvalue weighted by Gasteiger charge is 2.46. The van der Waals surface area contributed by atoms with Crippen LogP contribution in [-0.2, 0) is 0 Å². The Labute approximate surface area is 187 Å². The molecule has 1 aliphatic heterocycles. The molecule has 0 saturated heterocycles. The molecule has 6 nitrogen and oxygen atoms in total. The van der Waals surface area contributed by atoms with Gasteiger partial charge >= 0.3 is 6.18 Å². The fourth-order valence-electron chi connectivity index (χ4n) is 3.60. The summed E-state index contributed by atoms with van der Waals surface area (Å²) < 4.78 is 47.5. The molecular weight excluding hydrogens is 445 g/mol. The average Bonchev–Trinajstić information content (AvgIpc) is 3.19. The summed E-state index contributed by atoms with van der Waals surface area (Å²) in [5.74, 6) is 0.0964. The third-order valence-corrected chi connectivity index (χ3v) is 5.78. The summed E-state index contributed by atoms with van der Waals surface area (Å²) in [5.41, 5.74) is 1.80. The molecule has 2 N–H and O–H groups in total. The number of fused-ring (bicyclic) bond motifs is 1. The Morgan fingerprint density at radius 2 is 1.94 bits per heavy atom. The Balaban J connectivity index is 1.62. The Kier molecular flexibility index (Phi) is 5.77. The molecule has 0 radical (unpaired) electrons. The van der Waals surface area contributed by atoms with E-state index in [1.807, 2.05) is 6.92 Å². The lowest BCUT2D eigenvalue weighted by atomic mass is 9.97. The molecule has 0 bridgehead atoms. The van der Waals surface area contributed by atoms with Gasteiger partial charge in [-0.2, -0.15) is 18.3 Å². The predicted octanol–water partition coefficient (Wildman–Crippen LogP) is 5.77. The largest absolute Gasteiger partial charge is 0.497 e. The van der Waals surface area contributed by atoms with E-state index < -0.39 is 24.2 Å². The van der Waals surface area contributed by atoms with Gasteiger partial charge in [0.2, 0.25) is 0 Å². The normalized spacial score (nSPS) is 17.9. The number of amides is 1. The first kappa shape index (κ1) is 22.0. The second-order valence-corrected chi connectivity index (χ2v) is 7.95. The van der Waals surface area contributed by atoms with Gasteiger partial charge in [-0.15, -0.1) is 0 Å². The molecule has 0 saturated carbocycles. The fraction of sp³-hybridized carbons (Fsp3) is 0.273. The summed E-state index contributed by atoms with van der Waals surface area (Å²) in [6.07, 6.45) is -4.80. The van der Waals surface area contributed by atoms with Crippen LogP contribution in [0.4, 0.5) is 24.7 Å². The Bertz CT molecular complexity index is 1150. The number of alkyl halides is 3. The van der Waals surface area contributed by atoms with E-state index in [4.69, 9.17) is 16.3 Å². The van der Waals surface area contributed by atoms with Crippen molar-refractivity contribution in [2.75, 3.05) is 17.7 Å². The molecule has 3 aromatic rings. The van der Waals surface area contributed by atoms with Gasteiger partial charge in [-0.1, -0.05) is 29.8 Å². The van der Waals surface area contributed by atoms with Crippen LogP contribution in [-0.4, -0.2) is 29.0 Å². The highest BCUT2D eigenvalue weighted by atomic mass is 35.5. The van der Waals surface area contributed by atoms with Crippen LogP contribution in [0.2, 0.25) is 5.02 Å². The highest BCUT2D eigenvalue weighted by molar-refractivity contribution is 6.31. The monoisotopic (exact) mass is 464 g/mol. The van der Waals surface area contributed by atoms with E-state index >= 15 is 0 Å². The van der Waals surface area contributed by atoms with Crippen LogP contribution in [0.1, 0.15) is 40.1 Å². The van der Waals surface area contributed by atoms with Crippen molar-refractivity contribution in [3.05, 3.63) is 70.4 Å². The first-order valence-electron chi connectivity index (χ1n) is 9.80. The van der Waals surface area contributed by atoms with Gasteiger partial charge in [-0.3, -0.25) is 4.79 Å². The zero-order chi connectivity index (χ0) is 23.0. The molecule has 10 heteroatoms. The number of carbonyl (C=O) groups excluding carboxylic acids is 1. The topological polar surface area (TPSA) is 68.2 Å². The molecule has 2 heterocycles. The second-order valence-electron chi connectivity index (χ2n) is 7.54. The maximum absolute atomic E-state index is 13.8. The Morgan fingerprint density at radius 3 is 2.56 bits per heavy atom. The molecule has 32 heavy (non-hydrogen) atoms. The number of aromatic nitrogens is 2. The number of hydrogen-bond donors (Lipinski definition) is 2. The lowest BCUT2D eigenvalue weighted by Crippen LogP contribution is -2.35. The van der Waals surface area contributed by atoms with E-state index in [0.29, 0.717) is 22.0 Å². The van der Waals surface area contributed by atoms with Crippen molar-refractivity contribution < 1.29 is 22.7 Å². The number of carbonyl (C=O) groups is 1. The molecule has 4 rings (SSSR count). The number of halogens is 4. The number of ether oxygens (including phenoxy) is 1. The lowest BCUT2D eigenvalue weighted by molar-refractivity contribution is -0.173. The summed E-state index contributed by atoms with van der Waals surface area (Å²) in [7, 11) is 1.52. The number of nitrogens with one attached hydrogen (secondary N) is 2. The van der Waals surface area contributed by atoms with Gasteiger partial charge in [0, 0.05) is 23.2 Å². The van der Waals surface area contributed by atoms with Gasteiger partial charge < -0.3 is 15.4 Å². The number of anilines is 2. The van der Waals surface area contributed by atoms with Crippen LogP contribution in [0.25, 0.3) is 0 Å². The quantitative estimate of drug-likeness (QED) is 0.514. The number of nitrogens with zero attached hydrogens (tertiary/aromatic N) is 2. The zero-order valence-electron chi connectivity index (χ0n) is 17.2. The summed E-state index contributed by atoms with van der Waals surface area (Å²) in [6, 6.07) is 10.6. The number of benzene rings is 2. The van der Waals surface area contributed by atoms with Crippen LogP contribution in [0.15, 0.2) is 48.5 Å². The fourth-order valence-corrected chi connectivity index (χ4v) is 3.79. The van der Waals surface area contributed by atoms with Crippen molar-refractivity contribution in [3.63, 3.8) is 0 Å². The maximum atomic E-state index is 13.8. The van der Waals surface area contributed by atoms with Crippen LogP contribution < -0.4 is 15.4 Å². The first-order chi connectivity index (χ1) is 15.2. The Morgan fingerprint density at radius 1 is 1.22 bits per heavy atom. The average molecular weight is 465 g/mol. The molecule has 1 aromatic heterocycles. The van der Waals surface area contributed by atoms with Crippen molar-refractivity contribution in [2.24, 2.45) is 0 Å². The van der Waals surface area contributed by atoms with Gasteiger partial charge in [-0.25, -0.2) is 4.68 Å². The summed E-state index contributed by atoms with van der Waals surface area (Å²) >= 11 is 6.07. The SMILES string of the molecule is COc1ccc([C@@H]2C[C@@H](C(F)(F)F)n3nc(C(=O)Nc4ccc(C)c(Cl)c4)cc3N2)cc1. The van der Waals surface area contributed by atoms with Crippen molar-refractivity contribution in [1.82, 2.24) is 9.78 Å². The summed E-state index contributed by atoms with van der Waals surface area (Å²) in [4.78, 5) is 12.7. The predicted molar refractivity (Wildman–Crippen MR) is 115 cm³/mol. The minimum atomic E-state index is -4.54. The van der Waals surface area contributed by atoms with Crippen LogP contribution in [0.5, 0.6) is 5.75 Å². The van der Waals surface area contributed by atoms with E-state index in [1.54, 1.807) is 42.5 Å². The number of aryl methyl sites for hydroxylation is 1. The van der Waals surface area contributed by atoms with Crippen molar-refractivity contribution >= 4 is 29.0 Å². The number of methoxy groups -OCH3 is 1.